The molecule has 0 aliphatic heterocycles. The van der Waals surface area contributed by atoms with Crippen molar-refractivity contribution in [3.05, 3.63) is 77.9 Å². The van der Waals surface area contributed by atoms with E-state index in [2.05, 4.69) is 9.82 Å². The molecule has 3 aromatic carbocycles. The Morgan fingerprint density at radius 3 is 2.33 bits per heavy atom. The minimum Gasteiger partial charge on any atom is -0.382 e. The Hall–Kier alpha value is -3.14. The molecular weight excluding hydrogens is 498 g/mol. The van der Waals surface area contributed by atoms with E-state index >= 15 is 0 Å². The van der Waals surface area contributed by atoms with Gasteiger partial charge in [-0.2, -0.15) is 9.82 Å². The number of rotatable bonds is 8. The van der Waals surface area contributed by atoms with Gasteiger partial charge in [0.2, 0.25) is 15.9 Å². The lowest BCUT2D eigenvalue weighted by molar-refractivity contribution is -0.133. The summed E-state index contributed by atoms with van der Waals surface area (Å²) in [7, 11) is -2.19. The number of likely N-dealkylation sites (N-methyl/N-ethyl adjacent to an activating group) is 1. The number of sulfonamides is 1. The van der Waals surface area contributed by atoms with E-state index in [0.29, 0.717) is 5.56 Å². The van der Waals surface area contributed by atoms with Crippen LogP contribution < -0.4 is 16.3 Å². The van der Waals surface area contributed by atoms with Gasteiger partial charge in [0.25, 0.3) is 0 Å². The average Bonchev–Trinajstić information content (AvgIpc) is 3.42. The number of hydrogen-bond acceptors (Lipinski definition) is 5. The molecule has 10 heteroatoms. The molecule has 0 radical (unpaired) electrons. The van der Waals surface area contributed by atoms with E-state index in [0.717, 1.165) is 42.0 Å². The van der Waals surface area contributed by atoms with Crippen molar-refractivity contribution in [2.75, 3.05) is 7.05 Å². The van der Waals surface area contributed by atoms with Crippen LogP contribution in [0.15, 0.2) is 76.7 Å². The molecule has 1 saturated carbocycles. The summed E-state index contributed by atoms with van der Waals surface area (Å²) in [5.41, 5.74) is 7.20. The van der Waals surface area contributed by atoms with Crippen molar-refractivity contribution in [2.45, 2.75) is 49.1 Å². The molecule has 0 heterocycles. The van der Waals surface area contributed by atoms with Crippen molar-refractivity contribution in [1.82, 2.24) is 9.62 Å². The average molecular weight is 530 g/mol. The van der Waals surface area contributed by atoms with Crippen LogP contribution in [0.3, 0.4) is 0 Å². The number of benzene rings is 3. The number of nitrogens with one attached hydrogen (secondary N) is 1. The third-order valence-electron chi connectivity index (χ3n) is 6.68. The first-order valence-corrected chi connectivity index (χ1v) is 13.2. The summed E-state index contributed by atoms with van der Waals surface area (Å²) in [6.07, 6.45) is 4.20. The number of hydrazone groups is 1. The van der Waals surface area contributed by atoms with E-state index in [1.807, 2.05) is 24.3 Å². The highest BCUT2D eigenvalue weighted by Crippen LogP contribution is 2.24. The normalized spacial score (nSPS) is 15.4. The highest BCUT2D eigenvalue weighted by molar-refractivity contribution is 7.89. The second-order valence-electron chi connectivity index (χ2n) is 8.99. The third kappa shape index (κ3) is 6.16. The summed E-state index contributed by atoms with van der Waals surface area (Å²) in [5.74, 6) is 5.21. The fraction of sp³-hybridized carbons (Fsp3) is 0.308. The summed E-state index contributed by atoms with van der Waals surface area (Å²) in [5, 5.41) is 5.25. The molecule has 192 valence electrons. The number of nitrogens with zero attached hydrogens (tertiary/aromatic N) is 2. The zero-order chi connectivity index (χ0) is 25.0. The molecule has 3 aromatic rings. The van der Waals surface area contributed by atoms with Gasteiger partial charge in [-0.25, -0.2) is 8.42 Å². The van der Waals surface area contributed by atoms with E-state index in [1.54, 1.807) is 54.4 Å². The minimum absolute atomic E-state index is 0. The van der Waals surface area contributed by atoms with Gasteiger partial charge in [0.05, 0.1) is 4.90 Å². The lowest BCUT2D eigenvalue weighted by atomic mass is 10.0. The van der Waals surface area contributed by atoms with E-state index in [-0.39, 0.29) is 41.5 Å². The molecule has 4 rings (SSSR count). The molecule has 5 N–H and O–H groups in total. The van der Waals surface area contributed by atoms with Crippen molar-refractivity contribution >= 4 is 44.9 Å². The maximum absolute atomic E-state index is 13.5. The standard InChI is InChI=1S/C26H31N5O3S.ClH/c1-31(22-8-4-5-9-22)26(32)24(16-18-10-12-20(13-11-18)25(27)29-28)30-35(33,34)23-15-14-19-6-2-3-7-21(19)17-23;/h2-3,6-7,10-15,17,22,24,30H,4-5,8-9,16,28H2,1H3,(H2,27,29);1H/t24-;/m0./s1. The number of fused-ring (bicyclic) bond motifs is 1. The number of nitrogens with two attached hydrogens (primary N) is 2. The van der Waals surface area contributed by atoms with Crippen molar-refractivity contribution < 1.29 is 13.2 Å². The third-order valence-corrected chi connectivity index (χ3v) is 8.14. The molecule has 1 aliphatic rings. The molecule has 0 saturated heterocycles. The molecule has 0 spiro atoms. The number of halogens is 1. The first-order chi connectivity index (χ1) is 16.8. The molecule has 1 fully saturated rings. The topological polar surface area (TPSA) is 131 Å². The molecule has 0 bridgehead atoms. The fourth-order valence-corrected chi connectivity index (χ4v) is 5.83. The van der Waals surface area contributed by atoms with Gasteiger partial charge in [-0.05, 0) is 47.7 Å². The van der Waals surface area contributed by atoms with Crippen molar-refractivity contribution in [1.29, 1.82) is 0 Å². The lowest BCUT2D eigenvalue weighted by Crippen LogP contribution is -2.50. The maximum Gasteiger partial charge on any atom is 0.241 e. The second kappa shape index (κ2) is 11.7. The minimum atomic E-state index is -3.95. The van der Waals surface area contributed by atoms with Gasteiger partial charge >= 0.3 is 0 Å². The van der Waals surface area contributed by atoms with Gasteiger partial charge in [0.15, 0.2) is 0 Å². The molecule has 1 aliphatic carbocycles. The first-order valence-electron chi connectivity index (χ1n) is 11.7. The quantitative estimate of drug-likeness (QED) is 0.178. The number of amidine groups is 1. The van der Waals surface area contributed by atoms with Crippen molar-refractivity contribution in [3.63, 3.8) is 0 Å². The SMILES string of the molecule is CN(C(=O)[C@H](Cc1ccc(C(N)=NN)cc1)NS(=O)(=O)c1ccc2ccccc2c1)C1CCCC1.Cl. The summed E-state index contributed by atoms with van der Waals surface area (Å²) < 4.78 is 29.4. The van der Waals surface area contributed by atoms with Crippen LogP contribution in [0, 0.1) is 0 Å². The van der Waals surface area contributed by atoms with Gasteiger partial charge in [-0.3, -0.25) is 4.79 Å². The Labute approximate surface area is 218 Å². The van der Waals surface area contributed by atoms with E-state index < -0.39 is 16.1 Å². The van der Waals surface area contributed by atoms with Gasteiger partial charge in [-0.15, -0.1) is 12.4 Å². The van der Waals surface area contributed by atoms with Crippen LogP contribution in [0.4, 0.5) is 0 Å². The summed E-state index contributed by atoms with van der Waals surface area (Å²) in [4.78, 5) is 15.3. The molecule has 0 aromatic heterocycles. The highest BCUT2D eigenvalue weighted by Gasteiger charge is 2.32. The smallest absolute Gasteiger partial charge is 0.241 e. The summed E-state index contributed by atoms with van der Waals surface area (Å²) >= 11 is 0. The Morgan fingerprint density at radius 1 is 1.06 bits per heavy atom. The van der Waals surface area contributed by atoms with Gasteiger partial charge in [0.1, 0.15) is 11.9 Å². The molecular formula is C26H32ClN5O3S. The fourth-order valence-electron chi connectivity index (χ4n) is 4.61. The van der Waals surface area contributed by atoms with Crippen molar-refractivity contribution in [3.8, 4) is 0 Å². The molecule has 8 nitrogen and oxygen atoms in total. The molecule has 0 unspecified atom stereocenters. The molecule has 1 atom stereocenters. The number of carbonyl (C=O) groups excluding carboxylic acids is 1. The van der Waals surface area contributed by atoms with Gasteiger partial charge in [-0.1, -0.05) is 67.4 Å². The van der Waals surface area contributed by atoms with Crippen LogP contribution in [0.5, 0.6) is 0 Å². The maximum atomic E-state index is 13.5. The summed E-state index contributed by atoms with van der Waals surface area (Å²) in [6, 6.07) is 18.8. The monoisotopic (exact) mass is 529 g/mol. The van der Waals surface area contributed by atoms with Crippen LogP contribution in [0.1, 0.15) is 36.8 Å². The van der Waals surface area contributed by atoms with Gasteiger partial charge < -0.3 is 16.5 Å². The largest absolute Gasteiger partial charge is 0.382 e. The molecule has 1 amide bonds. The molecule has 36 heavy (non-hydrogen) atoms. The zero-order valence-corrected chi connectivity index (χ0v) is 21.8. The van der Waals surface area contributed by atoms with Crippen LogP contribution in [0.2, 0.25) is 0 Å². The Kier molecular flexibility index (Phi) is 8.94. The van der Waals surface area contributed by atoms with Crippen molar-refractivity contribution in [2.24, 2.45) is 16.7 Å². The highest BCUT2D eigenvalue weighted by atomic mass is 35.5. The van der Waals surface area contributed by atoms with Crippen LogP contribution in [0.25, 0.3) is 10.8 Å². The Balaban J connectivity index is 0.00000361. The predicted octanol–water partition coefficient (Wildman–Crippen LogP) is 3.13. The van der Waals surface area contributed by atoms with E-state index in [1.165, 1.54) is 0 Å². The second-order valence-corrected chi connectivity index (χ2v) is 10.7. The predicted molar refractivity (Wildman–Crippen MR) is 145 cm³/mol. The van der Waals surface area contributed by atoms with Gasteiger partial charge in [0, 0.05) is 18.7 Å². The summed E-state index contributed by atoms with van der Waals surface area (Å²) in [6.45, 7) is 0. The van der Waals surface area contributed by atoms with E-state index in [4.69, 9.17) is 11.6 Å². The first kappa shape index (κ1) is 27.4. The zero-order valence-electron chi connectivity index (χ0n) is 20.1. The van der Waals surface area contributed by atoms with Crippen LogP contribution in [-0.4, -0.2) is 44.2 Å². The number of hydrogen-bond donors (Lipinski definition) is 3. The van der Waals surface area contributed by atoms with E-state index in [9.17, 15) is 13.2 Å². The number of carbonyl (C=O) groups is 1. The van der Waals surface area contributed by atoms with Crippen LogP contribution in [-0.2, 0) is 21.2 Å². The Morgan fingerprint density at radius 2 is 1.69 bits per heavy atom. The van der Waals surface area contributed by atoms with Crippen LogP contribution >= 0.6 is 12.4 Å². The number of amides is 1. The Bertz CT molecular complexity index is 1340. The lowest BCUT2D eigenvalue weighted by Gasteiger charge is -2.29.